The van der Waals surface area contributed by atoms with Crippen molar-refractivity contribution in [1.82, 2.24) is 25.2 Å². The Balaban J connectivity index is 2.45. The molecule has 0 amide bonds. The summed E-state index contributed by atoms with van der Waals surface area (Å²) in [5.41, 5.74) is 2.01. The number of likely N-dealkylation sites (N-methyl/N-ethyl adjacent to an activating group) is 2. The van der Waals surface area contributed by atoms with Crippen LogP contribution in [0.3, 0.4) is 0 Å². The van der Waals surface area contributed by atoms with Crippen LogP contribution in [0.25, 0.3) is 5.69 Å². The molecule has 1 aromatic carbocycles. The van der Waals surface area contributed by atoms with Crippen LogP contribution >= 0.6 is 0 Å². The second kappa shape index (κ2) is 5.73. The number of para-hydroxylation sites is 1. The Bertz CT molecular complexity index is 544. The molecule has 2 rings (SSSR count). The maximum atomic E-state index is 4.24. The highest BCUT2D eigenvalue weighted by Crippen LogP contribution is 2.29. The van der Waals surface area contributed by atoms with Crippen molar-refractivity contribution in [2.75, 3.05) is 21.1 Å². The lowest BCUT2D eigenvalue weighted by Gasteiger charge is -2.39. The summed E-state index contributed by atoms with van der Waals surface area (Å²) in [6.45, 7) is 4.41. The molecule has 20 heavy (non-hydrogen) atoms. The second-order valence-corrected chi connectivity index (χ2v) is 5.68. The molecule has 5 heteroatoms. The quantitative estimate of drug-likeness (QED) is 0.903. The van der Waals surface area contributed by atoms with Crippen LogP contribution in [0.4, 0.5) is 0 Å². The Morgan fingerprint density at radius 3 is 2.40 bits per heavy atom. The molecule has 0 aliphatic rings. The number of hydrogen-bond donors (Lipinski definition) is 1. The van der Waals surface area contributed by atoms with Gasteiger partial charge in [0.2, 0.25) is 0 Å². The highest BCUT2D eigenvalue weighted by Gasteiger charge is 2.34. The van der Waals surface area contributed by atoms with Gasteiger partial charge in [-0.3, -0.25) is 0 Å². The summed E-state index contributed by atoms with van der Waals surface area (Å²) < 4.78 is 1.90. The molecule has 1 atom stereocenters. The van der Waals surface area contributed by atoms with Crippen molar-refractivity contribution in [2.24, 2.45) is 0 Å². The summed E-state index contributed by atoms with van der Waals surface area (Å²) in [6, 6.07) is 10.2. The van der Waals surface area contributed by atoms with E-state index in [4.69, 9.17) is 0 Å². The summed E-state index contributed by atoms with van der Waals surface area (Å²) in [6.07, 6.45) is 1.83. The molecular formula is C15H23N5. The molecule has 1 aromatic heterocycles. The fourth-order valence-electron chi connectivity index (χ4n) is 2.33. The van der Waals surface area contributed by atoms with Gasteiger partial charge in [0.05, 0.1) is 23.6 Å². The van der Waals surface area contributed by atoms with E-state index in [2.05, 4.69) is 48.5 Å². The maximum absolute atomic E-state index is 4.24. The number of aromatic nitrogens is 3. The van der Waals surface area contributed by atoms with Gasteiger partial charge in [-0.25, -0.2) is 4.68 Å². The van der Waals surface area contributed by atoms with Crippen LogP contribution in [0.5, 0.6) is 0 Å². The minimum absolute atomic E-state index is 0.0665. The lowest BCUT2D eigenvalue weighted by atomic mass is 9.91. The van der Waals surface area contributed by atoms with E-state index in [0.717, 1.165) is 11.4 Å². The number of rotatable bonds is 5. The van der Waals surface area contributed by atoms with Gasteiger partial charge >= 0.3 is 0 Å². The first kappa shape index (κ1) is 14.7. The van der Waals surface area contributed by atoms with E-state index < -0.39 is 0 Å². The van der Waals surface area contributed by atoms with Gasteiger partial charge in [-0.1, -0.05) is 23.4 Å². The minimum Gasteiger partial charge on any atom is -0.310 e. The lowest BCUT2D eigenvalue weighted by molar-refractivity contribution is 0.139. The molecule has 1 heterocycles. The molecular weight excluding hydrogens is 250 g/mol. The van der Waals surface area contributed by atoms with Crippen LogP contribution in [0.1, 0.15) is 25.6 Å². The van der Waals surface area contributed by atoms with Gasteiger partial charge < -0.3 is 10.2 Å². The van der Waals surface area contributed by atoms with E-state index >= 15 is 0 Å². The van der Waals surface area contributed by atoms with Crippen molar-refractivity contribution in [1.29, 1.82) is 0 Å². The molecule has 0 aliphatic heterocycles. The van der Waals surface area contributed by atoms with Crippen molar-refractivity contribution < 1.29 is 0 Å². The van der Waals surface area contributed by atoms with E-state index in [-0.39, 0.29) is 11.6 Å². The third-order valence-corrected chi connectivity index (χ3v) is 4.02. The summed E-state index contributed by atoms with van der Waals surface area (Å²) in [4.78, 5) is 2.20. The largest absolute Gasteiger partial charge is 0.310 e. The van der Waals surface area contributed by atoms with Gasteiger partial charge in [-0.2, -0.15) is 0 Å². The zero-order valence-corrected chi connectivity index (χ0v) is 12.8. The first-order chi connectivity index (χ1) is 9.48. The lowest BCUT2D eigenvalue weighted by Crippen LogP contribution is -2.49. The van der Waals surface area contributed by atoms with E-state index in [1.54, 1.807) is 0 Å². The van der Waals surface area contributed by atoms with E-state index in [0.29, 0.717) is 0 Å². The molecule has 0 radical (unpaired) electrons. The van der Waals surface area contributed by atoms with Crippen LogP contribution in [0.2, 0.25) is 0 Å². The summed E-state index contributed by atoms with van der Waals surface area (Å²) in [5.74, 6) is 0. The Labute approximate surface area is 120 Å². The fraction of sp³-hybridized carbons (Fsp3) is 0.467. The zero-order chi connectivity index (χ0) is 14.8. The SMILES string of the molecule is CNC(c1cnnn1-c1ccccc1)C(C)(C)N(C)C. The first-order valence-corrected chi connectivity index (χ1v) is 6.79. The molecule has 0 bridgehead atoms. The number of benzene rings is 1. The van der Waals surface area contributed by atoms with Crippen molar-refractivity contribution in [2.45, 2.75) is 25.4 Å². The topological polar surface area (TPSA) is 46.0 Å². The van der Waals surface area contributed by atoms with Gasteiger partial charge in [-0.15, -0.1) is 5.10 Å². The predicted molar refractivity (Wildman–Crippen MR) is 80.9 cm³/mol. The standard InChI is InChI=1S/C15H23N5/c1-15(2,19(4)5)14(16-3)13-11-17-18-20(13)12-9-7-6-8-10-12/h6-11,14,16H,1-5H3. The molecule has 5 nitrogen and oxygen atoms in total. The predicted octanol–water partition coefficient (Wildman–Crippen LogP) is 1.87. The number of nitrogens with zero attached hydrogens (tertiary/aromatic N) is 4. The highest BCUT2D eigenvalue weighted by atomic mass is 15.4. The van der Waals surface area contributed by atoms with Gasteiger partial charge in [0.1, 0.15) is 0 Å². The van der Waals surface area contributed by atoms with Crippen molar-refractivity contribution in [3.63, 3.8) is 0 Å². The smallest absolute Gasteiger partial charge is 0.0833 e. The van der Waals surface area contributed by atoms with Crippen molar-refractivity contribution >= 4 is 0 Å². The van der Waals surface area contributed by atoms with Gasteiger partial charge in [0.25, 0.3) is 0 Å². The molecule has 0 saturated carbocycles. The normalized spacial score (nSPS) is 13.7. The van der Waals surface area contributed by atoms with Crippen LogP contribution < -0.4 is 5.32 Å². The Morgan fingerprint density at radius 2 is 1.85 bits per heavy atom. The van der Waals surface area contributed by atoms with Gasteiger partial charge in [-0.05, 0) is 47.1 Å². The third kappa shape index (κ3) is 2.59. The molecule has 1 unspecified atom stereocenters. The molecule has 0 spiro atoms. The van der Waals surface area contributed by atoms with Crippen LogP contribution in [-0.2, 0) is 0 Å². The molecule has 2 aromatic rings. The highest BCUT2D eigenvalue weighted by molar-refractivity contribution is 5.32. The van der Waals surface area contributed by atoms with Crippen LogP contribution in [-0.4, -0.2) is 46.6 Å². The van der Waals surface area contributed by atoms with Crippen LogP contribution in [0.15, 0.2) is 36.5 Å². The first-order valence-electron chi connectivity index (χ1n) is 6.79. The minimum atomic E-state index is -0.0665. The molecule has 1 N–H and O–H groups in total. The summed E-state index contributed by atoms with van der Waals surface area (Å²) >= 11 is 0. The Morgan fingerprint density at radius 1 is 1.20 bits per heavy atom. The van der Waals surface area contributed by atoms with E-state index in [1.807, 2.05) is 48.3 Å². The molecule has 0 aliphatic carbocycles. The van der Waals surface area contributed by atoms with Crippen LogP contribution in [0, 0.1) is 0 Å². The van der Waals surface area contributed by atoms with Crippen molar-refractivity contribution in [3.8, 4) is 5.69 Å². The Hall–Kier alpha value is -1.72. The van der Waals surface area contributed by atoms with Gasteiger partial charge in [0, 0.05) is 5.54 Å². The number of nitrogens with one attached hydrogen (secondary N) is 1. The third-order valence-electron chi connectivity index (χ3n) is 4.02. The second-order valence-electron chi connectivity index (χ2n) is 5.68. The van der Waals surface area contributed by atoms with Gasteiger partial charge in [0.15, 0.2) is 0 Å². The van der Waals surface area contributed by atoms with E-state index in [1.165, 1.54) is 0 Å². The zero-order valence-electron chi connectivity index (χ0n) is 12.8. The molecule has 0 fully saturated rings. The Kier molecular flexibility index (Phi) is 4.20. The summed E-state index contributed by atoms with van der Waals surface area (Å²) in [5, 5.41) is 11.7. The fourth-order valence-corrected chi connectivity index (χ4v) is 2.33. The molecule has 0 saturated heterocycles. The summed E-state index contributed by atoms with van der Waals surface area (Å²) in [7, 11) is 6.14. The average Bonchev–Trinajstić information content (AvgIpc) is 2.89. The average molecular weight is 273 g/mol. The molecule has 108 valence electrons. The monoisotopic (exact) mass is 273 g/mol. The number of hydrogen-bond acceptors (Lipinski definition) is 4. The van der Waals surface area contributed by atoms with E-state index in [9.17, 15) is 0 Å². The maximum Gasteiger partial charge on any atom is 0.0833 e. The van der Waals surface area contributed by atoms with Crippen molar-refractivity contribution in [3.05, 3.63) is 42.2 Å².